The summed E-state index contributed by atoms with van der Waals surface area (Å²) in [6.07, 6.45) is 6.61. The minimum atomic E-state index is -0.266. The molecule has 1 heterocycles. The molecule has 0 atom stereocenters. The number of rotatable bonds is 8. The van der Waals surface area contributed by atoms with Crippen molar-refractivity contribution in [3.05, 3.63) is 66.4 Å². The van der Waals surface area contributed by atoms with Gasteiger partial charge in [-0.25, -0.2) is 4.68 Å². The van der Waals surface area contributed by atoms with E-state index in [9.17, 15) is 9.59 Å². The first-order valence-corrected chi connectivity index (χ1v) is 11.6. The van der Waals surface area contributed by atoms with E-state index < -0.39 is 0 Å². The topological polar surface area (TPSA) is 85.2 Å². The lowest BCUT2D eigenvalue weighted by molar-refractivity contribution is -0.118. The highest BCUT2D eigenvalue weighted by Gasteiger charge is 2.29. The van der Waals surface area contributed by atoms with Crippen molar-refractivity contribution in [1.82, 2.24) is 9.78 Å². The van der Waals surface area contributed by atoms with Crippen LogP contribution in [-0.4, -0.2) is 28.2 Å². The second kappa shape index (κ2) is 9.48. The van der Waals surface area contributed by atoms with Gasteiger partial charge in [0.25, 0.3) is 5.91 Å². The summed E-state index contributed by atoms with van der Waals surface area (Å²) in [4.78, 5) is 24.7. The van der Waals surface area contributed by atoms with Gasteiger partial charge < -0.3 is 15.4 Å². The van der Waals surface area contributed by atoms with Crippen molar-refractivity contribution in [2.24, 2.45) is 5.92 Å². The summed E-state index contributed by atoms with van der Waals surface area (Å²) in [5, 5.41) is 10.7. The molecule has 0 spiro atoms. The third-order valence-electron chi connectivity index (χ3n) is 6.19. The Morgan fingerprint density at radius 1 is 0.939 bits per heavy atom. The molecule has 2 aromatic carbocycles. The largest absolute Gasteiger partial charge is 0.484 e. The molecule has 0 radical (unpaired) electrons. The quantitative estimate of drug-likeness (QED) is 0.518. The first-order valence-electron chi connectivity index (χ1n) is 11.6. The van der Waals surface area contributed by atoms with Crippen LogP contribution in [0, 0.1) is 5.92 Å². The van der Waals surface area contributed by atoms with E-state index in [0.29, 0.717) is 23.2 Å². The Balaban J connectivity index is 1.25. The van der Waals surface area contributed by atoms with E-state index in [0.717, 1.165) is 37.1 Å². The predicted octanol–water partition coefficient (Wildman–Crippen LogP) is 4.90. The molecule has 0 aliphatic heterocycles. The Labute approximate surface area is 193 Å². The summed E-state index contributed by atoms with van der Waals surface area (Å²) in [6, 6.07) is 18.9. The molecule has 2 aliphatic carbocycles. The van der Waals surface area contributed by atoms with Crippen molar-refractivity contribution in [2.45, 2.75) is 44.4 Å². The number of benzene rings is 2. The molecular weight excluding hydrogens is 416 g/mol. The number of anilines is 2. The molecular formula is C26H28N4O3. The summed E-state index contributed by atoms with van der Waals surface area (Å²) < 4.78 is 7.49. The van der Waals surface area contributed by atoms with Crippen molar-refractivity contribution in [1.29, 1.82) is 0 Å². The Morgan fingerprint density at radius 2 is 1.73 bits per heavy atom. The highest BCUT2D eigenvalue weighted by atomic mass is 16.5. The number of aromatic nitrogens is 2. The smallest absolute Gasteiger partial charge is 0.263 e. The lowest BCUT2D eigenvalue weighted by Crippen LogP contribution is -2.22. The van der Waals surface area contributed by atoms with Crippen molar-refractivity contribution < 1.29 is 14.3 Å². The fraction of sp³-hybridized carbons (Fsp3) is 0.346. The molecule has 0 unspecified atom stereocenters. The van der Waals surface area contributed by atoms with Gasteiger partial charge in [0.2, 0.25) is 5.91 Å². The Morgan fingerprint density at radius 3 is 2.48 bits per heavy atom. The fourth-order valence-corrected chi connectivity index (χ4v) is 4.26. The van der Waals surface area contributed by atoms with Gasteiger partial charge in [-0.3, -0.25) is 9.59 Å². The number of nitrogens with one attached hydrogen (secondary N) is 2. The van der Waals surface area contributed by atoms with E-state index in [4.69, 9.17) is 9.84 Å². The van der Waals surface area contributed by atoms with Gasteiger partial charge in [-0.15, -0.1) is 0 Å². The summed E-state index contributed by atoms with van der Waals surface area (Å²) in [5.41, 5.74) is 2.59. The van der Waals surface area contributed by atoms with Gasteiger partial charge in [0, 0.05) is 29.7 Å². The number of amides is 2. The average Bonchev–Trinajstić information content (AvgIpc) is 3.38. The summed E-state index contributed by atoms with van der Waals surface area (Å²) in [5.74, 6) is 1.51. The molecule has 1 aromatic heterocycles. The van der Waals surface area contributed by atoms with Crippen molar-refractivity contribution in [2.75, 3.05) is 17.2 Å². The van der Waals surface area contributed by atoms with Gasteiger partial charge in [0.15, 0.2) is 6.61 Å². The third-order valence-corrected chi connectivity index (χ3v) is 6.19. The molecule has 170 valence electrons. The molecule has 2 aliphatic rings. The Bertz CT molecular complexity index is 1130. The van der Waals surface area contributed by atoms with Crippen molar-refractivity contribution in [3.8, 4) is 11.4 Å². The third kappa shape index (κ3) is 5.25. The van der Waals surface area contributed by atoms with E-state index in [1.807, 2.05) is 42.5 Å². The standard InChI is InChI=1S/C26H28N4O3/c31-25(17-33-22-12-6-9-20(15-22)27-26(32)19-13-14-19)28-24-16-23(18-7-4-5-8-18)29-30(24)21-10-2-1-3-11-21/h1-3,6,9-12,15-16,18-19H,4-5,7-8,13-14,17H2,(H,27,32)(H,28,31). The molecule has 33 heavy (non-hydrogen) atoms. The number of carbonyl (C=O) groups excluding carboxylic acids is 2. The van der Waals surface area contributed by atoms with Gasteiger partial charge in [-0.05, 0) is 49.9 Å². The average molecular weight is 445 g/mol. The number of hydrogen-bond acceptors (Lipinski definition) is 4. The van der Waals surface area contributed by atoms with E-state index in [1.165, 1.54) is 12.8 Å². The molecule has 5 rings (SSSR count). The molecule has 2 saturated carbocycles. The molecule has 2 N–H and O–H groups in total. The maximum atomic E-state index is 12.7. The van der Waals surface area contributed by atoms with Crippen LogP contribution in [0.4, 0.5) is 11.5 Å². The van der Waals surface area contributed by atoms with Crippen LogP contribution in [0.15, 0.2) is 60.7 Å². The summed E-state index contributed by atoms with van der Waals surface area (Å²) >= 11 is 0. The summed E-state index contributed by atoms with van der Waals surface area (Å²) in [7, 11) is 0. The van der Waals surface area contributed by atoms with Crippen LogP contribution in [0.2, 0.25) is 0 Å². The van der Waals surface area contributed by atoms with E-state index in [1.54, 1.807) is 22.9 Å². The lowest BCUT2D eigenvalue weighted by Gasteiger charge is -2.11. The Kier molecular flexibility index (Phi) is 6.11. The molecule has 0 saturated heterocycles. The highest BCUT2D eigenvalue weighted by Crippen LogP contribution is 2.35. The van der Waals surface area contributed by atoms with Crippen molar-refractivity contribution in [3.63, 3.8) is 0 Å². The molecule has 2 amide bonds. The van der Waals surface area contributed by atoms with Crippen molar-refractivity contribution >= 4 is 23.3 Å². The van der Waals surface area contributed by atoms with Gasteiger partial charge in [0.05, 0.1) is 11.4 Å². The number of nitrogens with zero attached hydrogens (tertiary/aromatic N) is 2. The van der Waals surface area contributed by atoms with Gasteiger partial charge in [0.1, 0.15) is 11.6 Å². The van der Waals surface area contributed by atoms with Crippen LogP contribution < -0.4 is 15.4 Å². The second-order valence-corrected chi connectivity index (χ2v) is 8.81. The van der Waals surface area contributed by atoms with Gasteiger partial charge >= 0.3 is 0 Å². The minimum Gasteiger partial charge on any atom is -0.484 e. The van der Waals surface area contributed by atoms with Gasteiger partial charge in [-0.2, -0.15) is 5.10 Å². The normalized spacial score (nSPS) is 15.9. The van der Waals surface area contributed by atoms with E-state index in [2.05, 4.69) is 10.6 Å². The van der Waals surface area contributed by atoms with E-state index in [-0.39, 0.29) is 24.3 Å². The number of carbonyl (C=O) groups is 2. The first kappa shape index (κ1) is 21.2. The molecule has 7 nitrogen and oxygen atoms in total. The number of hydrogen-bond donors (Lipinski definition) is 2. The highest BCUT2D eigenvalue weighted by molar-refractivity contribution is 5.94. The second-order valence-electron chi connectivity index (χ2n) is 8.81. The zero-order valence-electron chi connectivity index (χ0n) is 18.5. The number of para-hydroxylation sites is 1. The maximum Gasteiger partial charge on any atom is 0.263 e. The minimum absolute atomic E-state index is 0.0390. The lowest BCUT2D eigenvalue weighted by atomic mass is 10.0. The summed E-state index contributed by atoms with van der Waals surface area (Å²) in [6.45, 7) is -0.140. The van der Waals surface area contributed by atoms with Crippen LogP contribution in [0.3, 0.4) is 0 Å². The zero-order chi connectivity index (χ0) is 22.6. The number of ether oxygens (including phenoxy) is 1. The first-order chi connectivity index (χ1) is 16.2. The van der Waals surface area contributed by atoms with Crippen LogP contribution >= 0.6 is 0 Å². The molecule has 7 heteroatoms. The maximum absolute atomic E-state index is 12.7. The SMILES string of the molecule is O=C(COc1cccc(NC(=O)C2CC2)c1)Nc1cc(C2CCCC2)nn1-c1ccccc1. The predicted molar refractivity (Wildman–Crippen MR) is 127 cm³/mol. The zero-order valence-corrected chi connectivity index (χ0v) is 18.5. The van der Waals surface area contributed by atoms with Crippen LogP contribution in [0.5, 0.6) is 5.75 Å². The molecule has 3 aromatic rings. The Hall–Kier alpha value is -3.61. The van der Waals surface area contributed by atoms with Crippen LogP contribution in [-0.2, 0) is 9.59 Å². The fourth-order valence-electron chi connectivity index (χ4n) is 4.26. The van der Waals surface area contributed by atoms with Crippen LogP contribution in [0.1, 0.15) is 50.1 Å². The van der Waals surface area contributed by atoms with Crippen LogP contribution in [0.25, 0.3) is 5.69 Å². The molecule has 2 fully saturated rings. The van der Waals surface area contributed by atoms with Gasteiger partial charge in [-0.1, -0.05) is 37.1 Å². The monoisotopic (exact) mass is 444 g/mol. The van der Waals surface area contributed by atoms with E-state index >= 15 is 0 Å². The molecule has 0 bridgehead atoms.